The summed E-state index contributed by atoms with van der Waals surface area (Å²) in [5.74, 6) is 1.71. The molecule has 31 heavy (non-hydrogen) atoms. The van der Waals surface area contributed by atoms with E-state index in [1.54, 1.807) is 6.21 Å². The minimum absolute atomic E-state index is 0.471. The maximum Gasteiger partial charge on any atom is 0.157 e. The van der Waals surface area contributed by atoms with Crippen molar-refractivity contribution in [3.63, 3.8) is 0 Å². The lowest BCUT2D eigenvalue weighted by molar-refractivity contribution is 0.353. The summed E-state index contributed by atoms with van der Waals surface area (Å²) >= 11 is 0. The topological polar surface area (TPSA) is 74.7 Å². The molecule has 0 saturated carbocycles. The fourth-order valence-corrected chi connectivity index (χ4v) is 4.12. The smallest absolute Gasteiger partial charge is 0.157 e. The van der Waals surface area contributed by atoms with E-state index in [0.29, 0.717) is 17.8 Å². The van der Waals surface area contributed by atoms with Crippen LogP contribution in [0, 0.1) is 18.3 Å². The number of nitrogens with zero attached hydrogens (tertiary/aromatic N) is 4. The fourth-order valence-electron chi connectivity index (χ4n) is 4.12. The van der Waals surface area contributed by atoms with Crippen molar-refractivity contribution in [1.29, 1.82) is 5.26 Å². The van der Waals surface area contributed by atoms with E-state index >= 15 is 0 Å². The van der Waals surface area contributed by atoms with Crippen molar-refractivity contribution in [1.82, 2.24) is 9.38 Å². The van der Waals surface area contributed by atoms with E-state index in [1.165, 1.54) is 0 Å². The van der Waals surface area contributed by atoms with Gasteiger partial charge in [0.15, 0.2) is 5.65 Å². The van der Waals surface area contributed by atoms with Gasteiger partial charge in [0.25, 0.3) is 0 Å². The third kappa shape index (κ3) is 3.11. The van der Waals surface area contributed by atoms with E-state index in [4.69, 9.17) is 9.72 Å². The molecule has 0 bridgehead atoms. The summed E-state index contributed by atoms with van der Waals surface area (Å²) < 4.78 is 7.81. The molecule has 2 aromatic carbocycles. The lowest BCUT2D eigenvalue weighted by Crippen LogP contribution is -2.10. The number of para-hydroxylation sites is 3. The van der Waals surface area contributed by atoms with Crippen LogP contribution in [0.3, 0.4) is 0 Å². The zero-order valence-corrected chi connectivity index (χ0v) is 17.4. The molecule has 6 heteroatoms. The summed E-state index contributed by atoms with van der Waals surface area (Å²) in [6.07, 6.45) is 4.63. The van der Waals surface area contributed by atoms with E-state index in [-0.39, 0.29) is 0 Å². The maximum absolute atomic E-state index is 9.80. The van der Waals surface area contributed by atoms with Gasteiger partial charge in [0.05, 0.1) is 22.8 Å². The van der Waals surface area contributed by atoms with Gasteiger partial charge in [-0.05, 0) is 48.7 Å². The van der Waals surface area contributed by atoms with Crippen molar-refractivity contribution in [2.24, 2.45) is 5.10 Å². The van der Waals surface area contributed by atoms with Gasteiger partial charge in [-0.15, -0.1) is 0 Å². The van der Waals surface area contributed by atoms with Crippen LogP contribution in [0.1, 0.15) is 29.2 Å². The average molecular weight is 407 g/mol. The number of imidazole rings is 1. The minimum Gasteiger partial charge on any atom is -0.488 e. The Morgan fingerprint density at radius 2 is 2.03 bits per heavy atom. The van der Waals surface area contributed by atoms with E-state index in [2.05, 4.69) is 29.6 Å². The van der Waals surface area contributed by atoms with Crippen molar-refractivity contribution >= 4 is 34.8 Å². The number of fused-ring (bicyclic) bond motifs is 4. The third-order valence-electron chi connectivity index (χ3n) is 5.64. The van der Waals surface area contributed by atoms with Crippen LogP contribution < -0.4 is 10.2 Å². The molecule has 0 amide bonds. The molecule has 0 saturated heterocycles. The van der Waals surface area contributed by atoms with Crippen molar-refractivity contribution in [2.45, 2.75) is 20.3 Å². The number of anilines is 1. The Balaban J connectivity index is 1.61. The Morgan fingerprint density at radius 1 is 1.23 bits per heavy atom. The van der Waals surface area contributed by atoms with Gasteiger partial charge in [-0.2, -0.15) is 10.4 Å². The standard InChI is InChI=1S/C25H21N5O/c1-3-19-16(2)20(13-26)24-28-21-9-5-6-10-22(21)30(24)25(19)29-27-14-17-12-18-8-4-7-11-23(18)31-15-17/h4-12,14,29H,3,15H2,1-2H3/b27-14-. The normalized spacial score (nSPS) is 13.1. The molecule has 5 rings (SSSR count). The first-order chi connectivity index (χ1) is 15.2. The summed E-state index contributed by atoms with van der Waals surface area (Å²) in [6.45, 7) is 4.52. The van der Waals surface area contributed by atoms with E-state index in [1.807, 2.05) is 59.9 Å². The van der Waals surface area contributed by atoms with Crippen molar-refractivity contribution < 1.29 is 4.74 Å². The molecule has 2 aromatic heterocycles. The number of ether oxygens (including phenoxy) is 1. The molecule has 1 aliphatic rings. The molecule has 1 N–H and O–H groups in total. The van der Waals surface area contributed by atoms with Gasteiger partial charge in [-0.25, -0.2) is 4.98 Å². The Morgan fingerprint density at radius 3 is 2.87 bits per heavy atom. The average Bonchev–Trinajstić information content (AvgIpc) is 3.18. The molecule has 6 nitrogen and oxygen atoms in total. The molecular formula is C25H21N5O. The molecule has 0 unspecified atom stereocenters. The minimum atomic E-state index is 0.471. The van der Waals surface area contributed by atoms with Gasteiger partial charge in [0.2, 0.25) is 0 Å². The predicted molar refractivity (Wildman–Crippen MR) is 124 cm³/mol. The van der Waals surface area contributed by atoms with E-state index < -0.39 is 0 Å². The largest absolute Gasteiger partial charge is 0.488 e. The summed E-state index contributed by atoms with van der Waals surface area (Å²) in [4.78, 5) is 4.72. The molecule has 152 valence electrons. The van der Waals surface area contributed by atoms with Crippen LogP contribution >= 0.6 is 0 Å². The quantitative estimate of drug-likeness (QED) is 0.377. The summed E-state index contributed by atoms with van der Waals surface area (Å²) in [5, 5.41) is 14.3. The lowest BCUT2D eigenvalue weighted by atomic mass is 10.0. The number of aromatic nitrogens is 2. The van der Waals surface area contributed by atoms with Gasteiger partial charge in [-0.3, -0.25) is 9.83 Å². The number of hydrazone groups is 1. The highest BCUT2D eigenvalue weighted by Crippen LogP contribution is 2.31. The highest BCUT2D eigenvalue weighted by Gasteiger charge is 2.19. The van der Waals surface area contributed by atoms with Crippen LogP contribution in [0.2, 0.25) is 0 Å². The summed E-state index contributed by atoms with van der Waals surface area (Å²) in [5.41, 5.74) is 10.3. The summed E-state index contributed by atoms with van der Waals surface area (Å²) in [7, 11) is 0. The molecule has 4 aromatic rings. The first kappa shape index (κ1) is 18.9. The van der Waals surface area contributed by atoms with E-state index in [0.717, 1.165) is 51.3 Å². The molecule has 0 aliphatic carbocycles. The Hall–Kier alpha value is -4.11. The van der Waals surface area contributed by atoms with Crippen molar-refractivity contribution in [3.05, 3.63) is 76.4 Å². The maximum atomic E-state index is 9.80. The molecule has 0 spiro atoms. The van der Waals surface area contributed by atoms with Crippen LogP contribution in [-0.2, 0) is 6.42 Å². The fraction of sp³-hybridized carbons (Fsp3) is 0.160. The third-order valence-corrected chi connectivity index (χ3v) is 5.64. The van der Waals surface area contributed by atoms with Crippen LogP contribution in [-0.4, -0.2) is 22.2 Å². The second-order valence-corrected chi connectivity index (χ2v) is 7.47. The van der Waals surface area contributed by atoms with Gasteiger partial charge in [0.1, 0.15) is 24.2 Å². The zero-order chi connectivity index (χ0) is 21.4. The van der Waals surface area contributed by atoms with Gasteiger partial charge in [-0.1, -0.05) is 37.3 Å². The number of hydrogen-bond donors (Lipinski definition) is 1. The first-order valence-corrected chi connectivity index (χ1v) is 10.3. The van der Waals surface area contributed by atoms with Crippen LogP contribution in [0.4, 0.5) is 5.82 Å². The number of nitriles is 1. The highest BCUT2D eigenvalue weighted by atomic mass is 16.5. The van der Waals surface area contributed by atoms with Crippen LogP contribution in [0.5, 0.6) is 5.75 Å². The first-order valence-electron chi connectivity index (χ1n) is 10.3. The lowest BCUT2D eigenvalue weighted by Gasteiger charge is -2.17. The van der Waals surface area contributed by atoms with Crippen molar-refractivity contribution in [3.8, 4) is 11.8 Å². The Labute approximate surface area is 180 Å². The van der Waals surface area contributed by atoms with Crippen molar-refractivity contribution in [2.75, 3.05) is 12.0 Å². The zero-order valence-electron chi connectivity index (χ0n) is 17.4. The SMILES string of the molecule is CCc1c(C)c(C#N)c2nc3ccccc3n2c1N/N=C\C1=Cc2ccccc2OC1. The Bertz CT molecular complexity index is 1420. The number of rotatable bonds is 4. The Kier molecular flexibility index (Phi) is 4.64. The van der Waals surface area contributed by atoms with Gasteiger partial charge >= 0.3 is 0 Å². The molecule has 0 atom stereocenters. The van der Waals surface area contributed by atoms with Gasteiger partial charge in [0, 0.05) is 11.1 Å². The predicted octanol–water partition coefficient (Wildman–Crippen LogP) is 5.10. The number of hydrogen-bond acceptors (Lipinski definition) is 5. The van der Waals surface area contributed by atoms with Crippen LogP contribution in [0.15, 0.2) is 59.2 Å². The second-order valence-electron chi connectivity index (χ2n) is 7.47. The molecule has 0 fully saturated rings. The van der Waals surface area contributed by atoms with Gasteiger partial charge < -0.3 is 4.74 Å². The second kappa shape index (κ2) is 7.62. The molecule has 0 radical (unpaired) electrons. The number of pyridine rings is 1. The number of benzene rings is 2. The number of nitrogens with one attached hydrogen (secondary N) is 1. The highest BCUT2D eigenvalue weighted by molar-refractivity contribution is 5.89. The summed E-state index contributed by atoms with van der Waals surface area (Å²) in [6, 6.07) is 18.2. The molecular weight excluding hydrogens is 386 g/mol. The van der Waals surface area contributed by atoms with Crippen LogP contribution in [0.25, 0.3) is 22.8 Å². The molecule has 1 aliphatic heterocycles. The monoisotopic (exact) mass is 407 g/mol. The van der Waals surface area contributed by atoms with E-state index in [9.17, 15) is 5.26 Å². The molecule has 3 heterocycles.